The van der Waals surface area contributed by atoms with E-state index >= 15 is 0 Å². The van der Waals surface area contributed by atoms with Crippen molar-refractivity contribution in [3.8, 4) is 0 Å². The van der Waals surface area contributed by atoms with Gasteiger partial charge in [0, 0.05) is 9.92 Å². The smallest absolute Gasteiger partial charge is 0.336 e. The van der Waals surface area contributed by atoms with Gasteiger partial charge in [-0.3, -0.25) is 0 Å². The Morgan fingerprint density at radius 1 is 1.53 bits per heavy atom. The average Bonchev–Trinajstić information content (AvgIpc) is 2.63. The summed E-state index contributed by atoms with van der Waals surface area (Å²) in [6.07, 6.45) is 0. The second-order valence-corrected chi connectivity index (χ2v) is 5.63. The van der Waals surface area contributed by atoms with E-state index in [-0.39, 0.29) is 5.56 Å². The zero-order valence-corrected chi connectivity index (χ0v) is 11.1. The third kappa shape index (κ3) is 2.96. The Bertz CT molecular complexity index is 571. The second-order valence-electron chi connectivity index (χ2n) is 3.16. The molecule has 0 unspecified atom stereocenters. The Labute approximate surface area is 111 Å². The predicted molar refractivity (Wildman–Crippen MR) is 67.2 cm³/mol. The molecule has 0 aliphatic heterocycles. The van der Waals surface area contributed by atoms with Crippen LogP contribution >= 0.6 is 34.9 Å². The van der Waals surface area contributed by atoms with Gasteiger partial charge in [0.05, 0.1) is 5.56 Å². The van der Waals surface area contributed by atoms with E-state index < -0.39 is 5.97 Å². The van der Waals surface area contributed by atoms with Crippen molar-refractivity contribution in [2.75, 3.05) is 0 Å². The molecule has 1 heterocycles. The second kappa shape index (κ2) is 5.03. The summed E-state index contributed by atoms with van der Waals surface area (Å²) < 4.78 is 4.74. The van der Waals surface area contributed by atoms with Gasteiger partial charge in [0.25, 0.3) is 0 Å². The lowest BCUT2D eigenvalue weighted by Gasteiger charge is -2.03. The zero-order valence-electron chi connectivity index (χ0n) is 8.68. The normalized spacial score (nSPS) is 10.5. The third-order valence-electron chi connectivity index (χ3n) is 1.88. The van der Waals surface area contributed by atoms with E-state index in [1.54, 1.807) is 19.1 Å². The van der Waals surface area contributed by atoms with Crippen molar-refractivity contribution in [2.24, 2.45) is 0 Å². The van der Waals surface area contributed by atoms with E-state index in [1.165, 1.54) is 29.4 Å². The Morgan fingerprint density at radius 2 is 2.29 bits per heavy atom. The molecule has 0 spiro atoms. The molecule has 0 atom stereocenters. The van der Waals surface area contributed by atoms with Gasteiger partial charge in [0.1, 0.15) is 5.82 Å². The van der Waals surface area contributed by atoms with Crippen molar-refractivity contribution in [3.05, 3.63) is 34.6 Å². The number of carboxylic acids is 1. The lowest BCUT2D eigenvalue weighted by atomic mass is 10.2. The molecule has 0 radical (unpaired) electrons. The van der Waals surface area contributed by atoms with Crippen molar-refractivity contribution in [2.45, 2.75) is 16.2 Å². The highest BCUT2D eigenvalue weighted by Crippen LogP contribution is 2.33. The molecule has 0 fully saturated rings. The van der Waals surface area contributed by atoms with Crippen LogP contribution in [0.2, 0.25) is 5.02 Å². The highest BCUT2D eigenvalue weighted by atomic mass is 35.5. The molecule has 4 nitrogen and oxygen atoms in total. The number of rotatable bonds is 3. The summed E-state index contributed by atoms with van der Waals surface area (Å²) in [5.41, 5.74) is 0.215. The Kier molecular flexibility index (Phi) is 3.66. The van der Waals surface area contributed by atoms with Gasteiger partial charge in [-0.25, -0.2) is 9.78 Å². The number of hydrogen-bond acceptors (Lipinski definition) is 5. The molecule has 1 aromatic carbocycles. The molecule has 0 aliphatic carbocycles. The molecule has 88 valence electrons. The molecular weight excluding hydrogens is 280 g/mol. The highest BCUT2D eigenvalue weighted by Gasteiger charge is 2.13. The molecule has 7 heteroatoms. The van der Waals surface area contributed by atoms with Crippen LogP contribution in [0.5, 0.6) is 0 Å². The molecule has 0 aliphatic rings. The van der Waals surface area contributed by atoms with E-state index in [4.69, 9.17) is 16.7 Å². The lowest BCUT2D eigenvalue weighted by molar-refractivity contribution is 0.0693. The first-order valence-electron chi connectivity index (χ1n) is 4.57. The number of aromatic nitrogens is 2. The molecule has 17 heavy (non-hydrogen) atoms. The molecule has 1 aromatic heterocycles. The van der Waals surface area contributed by atoms with Crippen LogP contribution in [0, 0.1) is 6.92 Å². The lowest BCUT2D eigenvalue weighted by Crippen LogP contribution is -1.98. The fraction of sp³-hybridized carbons (Fsp3) is 0.100. The van der Waals surface area contributed by atoms with Gasteiger partial charge in [-0.2, -0.15) is 4.37 Å². The van der Waals surface area contributed by atoms with Crippen LogP contribution in [-0.2, 0) is 0 Å². The van der Waals surface area contributed by atoms with Crippen molar-refractivity contribution in [1.29, 1.82) is 0 Å². The van der Waals surface area contributed by atoms with Gasteiger partial charge in [0.2, 0.25) is 0 Å². The predicted octanol–water partition coefficient (Wildman–Crippen LogP) is 3.35. The molecule has 2 rings (SSSR count). The van der Waals surface area contributed by atoms with E-state index in [0.29, 0.717) is 20.1 Å². The number of halogens is 1. The first-order valence-corrected chi connectivity index (χ1v) is 6.54. The number of benzene rings is 1. The molecule has 1 N–H and O–H groups in total. The Morgan fingerprint density at radius 3 is 2.88 bits per heavy atom. The fourth-order valence-electron chi connectivity index (χ4n) is 1.17. The van der Waals surface area contributed by atoms with E-state index in [9.17, 15) is 4.79 Å². The first kappa shape index (κ1) is 12.3. The summed E-state index contributed by atoms with van der Waals surface area (Å²) in [6.45, 7) is 1.79. The van der Waals surface area contributed by atoms with E-state index in [2.05, 4.69) is 9.36 Å². The van der Waals surface area contributed by atoms with Crippen molar-refractivity contribution < 1.29 is 9.90 Å². The number of hydrogen-bond donors (Lipinski definition) is 1. The van der Waals surface area contributed by atoms with Crippen LogP contribution in [0.4, 0.5) is 0 Å². The van der Waals surface area contributed by atoms with Crippen LogP contribution in [0.15, 0.2) is 27.4 Å². The first-order chi connectivity index (χ1) is 8.06. The third-order valence-corrected chi connectivity index (χ3v) is 4.02. The van der Waals surface area contributed by atoms with E-state index in [0.717, 1.165) is 0 Å². The summed E-state index contributed by atoms with van der Waals surface area (Å²) in [4.78, 5) is 15.8. The SMILES string of the molecule is Cc1nsc(Sc2cc(Cl)ccc2C(=O)O)n1. The van der Waals surface area contributed by atoms with Crippen LogP contribution in [0.3, 0.4) is 0 Å². The number of aromatic carboxylic acids is 1. The van der Waals surface area contributed by atoms with Gasteiger partial charge in [0.15, 0.2) is 4.34 Å². The number of aryl methyl sites for hydroxylation is 1. The minimum Gasteiger partial charge on any atom is -0.478 e. The fourth-order valence-corrected chi connectivity index (χ4v) is 3.18. The maximum absolute atomic E-state index is 11.0. The van der Waals surface area contributed by atoms with Crippen LogP contribution in [0.1, 0.15) is 16.2 Å². The minimum atomic E-state index is -0.981. The maximum Gasteiger partial charge on any atom is 0.336 e. The Balaban J connectivity index is 2.37. The molecule has 2 aromatic rings. The standard InChI is InChI=1S/C10H7ClN2O2S2/c1-5-12-10(17-13-5)16-8-4-6(11)2-3-7(8)9(14)15/h2-4H,1H3,(H,14,15). The molecule has 0 saturated heterocycles. The monoisotopic (exact) mass is 286 g/mol. The van der Waals surface area contributed by atoms with Gasteiger partial charge in [-0.1, -0.05) is 23.4 Å². The quantitative estimate of drug-likeness (QED) is 0.937. The van der Waals surface area contributed by atoms with Crippen molar-refractivity contribution in [3.63, 3.8) is 0 Å². The minimum absolute atomic E-state index is 0.215. The van der Waals surface area contributed by atoms with Gasteiger partial charge >= 0.3 is 5.97 Å². The number of carbonyl (C=O) groups is 1. The largest absolute Gasteiger partial charge is 0.478 e. The summed E-state index contributed by atoms with van der Waals surface area (Å²) >= 11 is 8.35. The van der Waals surface area contributed by atoms with Gasteiger partial charge < -0.3 is 5.11 Å². The average molecular weight is 287 g/mol. The number of nitrogens with zero attached hydrogens (tertiary/aromatic N) is 2. The molecule has 0 bridgehead atoms. The topological polar surface area (TPSA) is 63.1 Å². The maximum atomic E-state index is 11.0. The summed E-state index contributed by atoms with van der Waals surface area (Å²) in [5, 5.41) is 9.55. The number of carboxylic acid groups (broad SMARTS) is 1. The molecule has 0 saturated carbocycles. The highest BCUT2D eigenvalue weighted by molar-refractivity contribution is 8.01. The van der Waals surface area contributed by atoms with E-state index in [1.807, 2.05) is 0 Å². The summed E-state index contributed by atoms with van der Waals surface area (Å²) in [6, 6.07) is 4.66. The van der Waals surface area contributed by atoms with Crippen LogP contribution in [0.25, 0.3) is 0 Å². The molecule has 0 amide bonds. The Hall–Kier alpha value is -1.11. The zero-order chi connectivity index (χ0) is 12.4. The molecular formula is C10H7ClN2O2S2. The van der Waals surface area contributed by atoms with Gasteiger partial charge in [-0.05, 0) is 36.7 Å². The van der Waals surface area contributed by atoms with Crippen LogP contribution < -0.4 is 0 Å². The van der Waals surface area contributed by atoms with Crippen LogP contribution in [-0.4, -0.2) is 20.4 Å². The summed E-state index contributed by atoms with van der Waals surface area (Å²) in [5.74, 6) is -0.304. The van der Waals surface area contributed by atoms with Crippen molar-refractivity contribution >= 4 is 40.9 Å². The van der Waals surface area contributed by atoms with Gasteiger partial charge in [-0.15, -0.1) is 0 Å². The van der Waals surface area contributed by atoms with Crippen molar-refractivity contribution in [1.82, 2.24) is 9.36 Å². The summed E-state index contributed by atoms with van der Waals surface area (Å²) in [7, 11) is 0.